The van der Waals surface area contributed by atoms with E-state index in [4.69, 9.17) is 0 Å². The van der Waals surface area contributed by atoms with Crippen molar-refractivity contribution in [1.82, 2.24) is 15.0 Å². The Labute approximate surface area is 120 Å². The van der Waals surface area contributed by atoms with Crippen molar-refractivity contribution in [1.29, 1.82) is 0 Å². The summed E-state index contributed by atoms with van der Waals surface area (Å²) in [4.78, 5) is 11.2. The number of rotatable bonds is 2. The highest BCUT2D eigenvalue weighted by Crippen LogP contribution is 2.26. The third kappa shape index (κ3) is 1.81. The van der Waals surface area contributed by atoms with Crippen LogP contribution in [0.5, 0.6) is 0 Å². The Balaban J connectivity index is 1.91. The summed E-state index contributed by atoms with van der Waals surface area (Å²) in [7, 11) is 0. The highest BCUT2D eigenvalue weighted by Gasteiger charge is 2.16. The first kappa shape index (κ1) is 12.1. The first-order valence-corrected chi connectivity index (χ1v) is 6.94. The smallest absolute Gasteiger partial charge is 0.338 e. The van der Waals surface area contributed by atoms with Crippen molar-refractivity contribution >= 4 is 17.0 Å². The van der Waals surface area contributed by atoms with Gasteiger partial charge in [0, 0.05) is 0 Å². The Kier molecular flexibility index (Phi) is 2.54. The van der Waals surface area contributed by atoms with Crippen LogP contribution in [0.15, 0.2) is 36.4 Å². The number of benzene rings is 2. The van der Waals surface area contributed by atoms with Gasteiger partial charge in [-0.2, -0.15) is 0 Å². The second-order valence-electron chi connectivity index (χ2n) is 5.29. The number of carboxylic acids is 1. The quantitative estimate of drug-likeness (QED) is 0.783. The van der Waals surface area contributed by atoms with Gasteiger partial charge in [-0.25, -0.2) is 9.48 Å². The molecular weight excluding hydrogens is 266 g/mol. The molecule has 0 saturated carbocycles. The van der Waals surface area contributed by atoms with Gasteiger partial charge < -0.3 is 5.11 Å². The Morgan fingerprint density at radius 1 is 1.14 bits per heavy atom. The second-order valence-corrected chi connectivity index (χ2v) is 5.29. The molecule has 0 bridgehead atoms. The fourth-order valence-corrected chi connectivity index (χ4v) is 3.00. The summed E-state index contributed by atoms with van der Waals surface area (Å²) in [5.74, 6) is -0.985. The number of nitrogens with zero attached hydrogens (tertiary/aromatic N) is 3. The molecule has 1 heterocycles. The van der Waals surface area contributed by atoms with Gasteiger partial charge in [0.1, 0.15) is 5.52 Å². The minimum absolute atomic E-state index is 0.180. The molecule has 0 fully saturated rings. The lowest BCUT2D eigenvalue weighted by Gasteiger charge is -2.05. The number of aromatic nitrogens is 3. The van der Waals surface area contributed by atoms with E-state index in [0.29, 0.717) is 11.0 Å². The molecule has 0 aliphatic heterocycles. The number of carboxylic acid groups (broad SMARTS) is 1. The minimum Gasteiger partial charge on any atom is -0.478 e. The predicted molar refractivity (Wildman–Crippen MR) is 77.8 cm³/mol. The van der Waals surface area contributed by atoms with Crippen molar-refractivity contribution in [3.63, 3.8) is 0 Å². The largest absolute Gasteiger partial charge is 0.478 e. The van der Waals surface area contributed by atoms with E-state index >= 15 is 0 Å². The topological polar surface area (TPSA) is 68.0 Å². The summed E-state index contributed by atoms with van der Waals surface area (Å²) in [6.45, 7) is 0. The summed E-state index contributed by atoms with van der Waals surface area (Å²) >= 11 is 0. The van der Waals surface area contributed by atoms with Crippen molar-refractivity contribution in [3.05, 3.63) is 53.1 Å². The minimum atomic E-state index is -0.985. The Bertz CT molecular complexity index is 867. The molecule has 0 saturated heterocycles. The van der Waals surface area contributed by atoms with Crippen LogP contribution in [0.25, 0.3) is 16.7 Å². The zero-order valence-corrected chi connectivity index (χ0v) is 11.3. The van der Waals surface area contributed by atoms with Crippen molar-refractivity contribution in [2.75, 3.05) is 0 Å². The molecule has 1 aromatic heterocycles. The van der Waals surface area contributed by atoms with Crippen LogP contribution in [0.4, 0.5) is 0 Å². The van der Waals surface area contributed by atoms with Crippen LogP contribution >= 0.6 is 0 Å². The molecule has 4 rings (SSSR count). The number of carbonyl (C=O) groups is 1. The Morgan fingerprint density at radius 3 is 2.86 bits per heavy atom. The molecule has 0 atom stereocenters. The molecule has 0 amide bonds. The first-order valence-electron chi connectivity index (χ1n) is 6.94. The molecule has 2 aromatic carbocycles. The van der Waals surface area contributed by atoms with Crippen molar-refractivity contribution < 1.29 is 9.90 Å². The highest BCUT2D eigenvalue weighted by molar-refractivity contribution is 6.00. The van der Waals surface area contributed by atoms with Crippen LogP contribution in [0.3, 0.4) is 0 Å². The van der Waals surface area contributed by atoms with Gasteiger partial charge in [-0.1, -0.05) is 17.3 Å². The van der Waals surface area contributed by atoms with Gasteiger partial charge in [0.15, 0.2) is 0 Å². The van der Waals surface area contributed by atoms with E-state index in [2.05, 4.69) is 22.4 Å². The summed E-state index contributed by atoms with van der Waals surface area (Å²) < 4.78 is 1.71. The molecular formula is C16H13N3O2. The van der Waals surface area contributed by atoms with Crippen LogP contribution in [-0.4, -0.2) is 26.1 Å². The van der Waals surface area contributed by atoms with Crippen LogP contribution < -0.4 is 0 Å². The van der Waals surface area contributed by atoms with Gasteiger partial charge in [-0.3, -0.25) is 0 Å². The van der Waals surface area contributed by atoms with E-state index < -0.39 is 5.97 Å². The SMILES string of the molecule is O=C(O)c1cccc2c1nnn2-c1ccc2c(c1)CCC2. The average Bonchev–Trinajstić information content (AvgIpc) is 3.12. The number of aromatic carboxylic acids is 1. The maximum absolute atomic E-state index is 11.2. The van der Waals surface area contributed by atoms with E-state index in [9.17, 15) is 9.90 Å². The van der Waals surface area contributed by atoms with Crippen molar-refractivity contribution in [2.24, 2.45) is 0 Å². The zero-order valence-electron chi connectivity index (χ0n) is 11.3. The van der Waals surface area contributed by atoms with Crippen molar-refractivity contribution in [3.8, 4) is 5.69 Å². The number of fused-ring (bicyclic) bond motifs is 2. The zero-order chi connectivity index (χ0) is 14.4. The number of hydrogen-bond donors (Lipinski definition) is 1. The van der Waals surface area contributed by atoms with Gasteiger partial charge in [0.2, 0.25) is 0 Å². The molecule has 0 radical (unpaired) electrons. The normalized spacial score (nSPS) is 13.5. The van der Waals surface area contributed by atoms with Gasteiger partial charge in [-0.05, 0) is 54.7 Å². The molecule has 21 heavy (non-hydrogen) atoms. The summed E-state index contributed by atoms with van der Waals surface area (Å²) in [6, 6.07) is 11.4. The molecule has 0 spiro atoms. The summed E-state index contributed by atoms with van der Waals surface area (Å²) in [5.41, 5.74) is 5.00. The van der Waals surface area contributed by atoms with E-state index in [-0.39, 0.29) is 5.56 Å². The fraction of sp³-hybridized carbons (Fsp3) is 0.188. The second kappa shape index (κ2) is 4.41. The number of hydrogen-bond acceptors (Lipinski definition) is 3. The van der Waals surface area contributed by atoms with Gasteiger partial charge >= 0.3 is 5.97 Å². The highest BCUT2D eigenvalue weighted by atomic mass is 16.4. The molecule has 5 heteroatoms. The monoisotopic (exact) mass is 279 g/mol. The third-order valence-electron chi connectivity index (χ3n) is 4.03. The summed E-state index contributed by atoms with van der Waals surface area (Å²) in [6.07, 6.45) is 3.42. The maximum atomic E-state index is 11.2. The standard InChI is InChI=1S/C16H13N3O2/c20-16(21)13-5-2-6-14-15(13)17-18-19(14)12-8-7-10-3-1-4-11(10)9-12/h2,5-9H,1,3-4H2,(H,20,21). The molecule has 5 nitrogen and oxygen atoms in total. The van der Waals surface area contributed by atoms with Gasteiger partial charge in [0.05, 0.1) is 16.8 Å². The Morgan fingerprint density at radius 2 is 2.00 bits per heavy atom. The molecule has 1 aliphatic carbocycles. The van der Waals surface area contributed by atoms with E-state index in [1.807, 2.05) is 12.1 Å². The molecule has 3 aromatic rings. The van der Waals surface area contributed by atoms with Crippen LogP contribution in [-0.2, 0) is 12.8 Å². The molecule has 1 aliphatic rings. The lowest BCUT2D eigenvalue weighted by atomic mass is 10.1. The van der Waals surface area contributed by atoms with E-state index in [0.717, 1.165) is 18.5 Å². The Hall–Kier alpha value is -2.69. The molecule has 0 unspecified atom stereocenters. The van der Waals surface area contributed by atoms with Gasteiger partial charge in [0.25, 0.3) is 0 Å². The molecule has 1 N–H and O–H groups in total. The number of aryl methyl sites for hydroxylation is 2. The summed E-state index contributed by atoms with van der Waals surface area (Å²) in [5, 5.41) is 17.4. The van der Waals surface area contributed by atoms with E-state index in [1.54, 1.807) is 16.8 Å². The lowest BCUT2D eigenvalue weighted by Crippen LogP contribution is -1.99. The van der Waals surface area contributed by atoms with E-state index in [1.165, 1.54) is 17.5 Å². The van der Waals surface area contributed by atoms with Crippen molar-refractivity contribution in [2.45, 2.75) is 19.3 Å². The predicted octanol–water partition coefficient (Wildman–Crippen LogP) is 2.61. The maximum Gasteiger partial charge on any atom is 0.338 e. The first-order chi connectivity index (χ1) is 10.2. The molecule has 104 valence electrons. The lowest BCUT2D eigenvalue weighted by molar-refractivity contribution is 0.0699. The van der Waals surface area contributed by atoms with Crippen LogP contribution in [0.2, 0.25) is 0 Å². The van der Waals surface area contributed by atoms with Gasteiger partial charge in [-0.15, -0.1) is 5.10 Å². The average molecular weight is 279 g/mol. The fourth-order valence-electron chi connectivity index (χ4n) is 3.00. The third-order valence-corrected chi connectivity index (χ3v) is 4.03. The van der Waals surface area contributed by atoms with Crippen LogP contribution in [0, 0.1) is 0 Å². The van der Waals surface area contributed by atoms with Crippen LogP contribution in [0.1, 0.15) is 27.9 Å².